The third-order valence-electron chi connectivity index (χ3n) is 4.59. The van der Waals surface area contributed by atoms with Crippen molar-refractivity contribution in [2.45, 2.75) is 26.8 Å². The second-order valence-corrected chi connectivity index (χ2v) is 8.53. The summed E-state index contributed by atoms with van der Waals surface area (Å²) in [6, 6.07) is 5.67. The van der Waals surface area contributed by atoms with E-state index in [1.54, 1.807) is 47.9 Å². The number of carbonyl (C=O) groups is 2. The average molecular weight is 428 g/mol. The number of piperazine rings is 1. The molecule has 29 heavy (non-hydrogen) atoms. The number of amides is 2. The highest BCUT2D eigenvalue weighted by molar-refractivity contribution is 7.92. The summed E-state index contributed by atoms with van der Waals surface area (Å²) in [6.07, 6.45) is 0.672. The van der Waals surface area contributed by atoms with E-state index in [-0.39, 0.29) is 5.91 Å². The Balaban J connectivity index is 2.12. The number of benzene rings is 1. The van der Waals surface area contributed by atoms with E-state index in [1.165, 1.54) is 0 Å². The Bertz CT molecular complexity index is 804. The number of anilines is 1. The van der Waals surface area contributed by atoms with Crippen molar-refractivity contribution in [3.63, 3.8) is 0 Å². The third kappa shape index (κ3) is 5.75. The van der Waals surface area contributed by atoms with Gasteiger partial charge in [-0.3, -0.25) is 9.10 Å². The summed E-state index contributed by atoms with van der Waals surface area (Å²) in [6.45, 7) is 7.29. The van der Waals surface area contributed by atoms with Gasteiger partial charge < -0.3 is 19.3 Å². The van der Waals surface area contributed by atoms with Crippen LogP contribution in [-0.4, -0.2) is 81.9 Å². The molecule has 1 saturated heterocycles. The molecule has 1 aromatic rings. The van der Waals surface area contributed by atoms with E-state index in [0.29, 0.717) is 50.8 Å². The smallest absolute Gasteiger partial charge is 0.409 e. The summed E-state index contributed by atoms with van der Waals surface area (Å²) in [7, 11) is -3.70. The first-order valence-corrected chi connectivity index (χ1v) is 11.5. The van der Waals surface area contributed by atoms with Gasteiger partial charge in [0.1, 0.15) is 11.8 Å². The van der Waals surface area contributed by atoms with Gasteiger partial charge in [-0.25, -0.2) is 13.2 Å². The van der Waals surface area contributed by atoms with Gasteiger partial charge in [-0.15, -0.1) is 0 Å². The van der Waals surface area contributed by atoms with Crippen LogP contribution in [0.25, 0.3) is 0 Å². The number of hydrogen-bond acceptors (Lipinski definition) is 6. The molecule has 2 amide bonds. The predicted molar refractivity (Wildman–Crippen MR) is 110 cm³/mol. The molecule has 1 unspecified atom stereocenters. The number of carbonyl (C=O) groups excluding carboxylic acids is 2. The summed E-state index contributed by atoms with van der Waals surface area (Å²) >= 11 is 0. The van der Waals surface area contributed by atoms with Crippen LogP contribution in [0.4, 0.5) is 10.5 Å². The Kier molecular flexibility index (Phi) is 7.72. The van der Waals surface area contributed by atoms with Gasteiger partial charge in [-0.2, -0.15) is 0 Å². The summed E-state index contributed by atoms with van der Waals surface area (Å²) in [5, 5.41) is 0. The maximum atomic E-state index is 13.0. The molecule has 0 saturated carbocycles. The molecule has 0 spiro atoms. The molecule has 0 aromatic heterocycles. The van der Waals surface area contributed by atoms with E-state index in [9.17, 15) is 18.0 Å². The molecule has 1 aromatic carbocycles. The lowest BCUT2D eigenvalue weighted by Crippen LogP contribution is -2.56. The third-order valence-corrected chi connectivity index (χ3v) is 5.83. The number of hydrogen-bond donors (Lipinski definition) is 0. The van der Waals surface area contributed by atoms with Gasteiger partial charge in [-0.1, -0.05) is 0 Å². The normalized spacial score (nSPS) is 15.6. The SMILES string of the molecule is CCOC(=O)N1CCN(C(=O)C(C)N(c2ccc(OCC)cc2)S(C)(=O)=O)CC1. The van der Waals surface area contributed by atoms with E-state index in [0.717, 1.165) is 10.6 Å². The molecule has 1 fully saturated rings. The largest absolute Gasteiger partial charge is 0.494 e. The lowest BCUT2D eigenvalue weighted by molar-refractivity contribution is -0.133. The number of nitrogens with zero attached hydrogens (tertiary/aromatic N) is 3. The molecule has 0 bridgehead atoms. The minimum Gasteiger partial charge on any atom is -0.494 e. The Morgan fingerprint density at radius 3 is 2.07 bits per heavy atom. The van der Waals surface area contributed by atoms with E-state index in [4.69, 9.17) is 9.47 Å². The maximum Gasteiger partial charge on any atom is 0.409 e. The van der Waals surface area contributed by atoms with Crippen LogP contribution in [0.5, 0.6) is 5.75 Å². The molecule has 0 aliphatic carbocycles. The minimum atomic E-state index is -3.70. The monoisotopic (exact) mass is 427 g/mol. The van der Waals surface area contributed by atoms with E-state index < -0.39 is 22.2 Å². The Morgan fingerprint density at radius 2 is 1.59 bits per heavy atom. The van der Waals surface area contributed by atoms with Crippen molar-refractivity contribution in [2.75, 3.05) is 50.0 Å². The Labute approximate surface area is 172 Å². The average Bonchev–Trinajstić information content (AvgIpc) is 2.68. The van der Waals surface area contributed by atoms with Crippen LogP contribution < -0.4 is 9.04 Å². The Hall–Kier alpha value is -2.49. The fourth-order valence-corrected chi connectivity index (χ4v) is 4.42. The predicted octanol–water partition coefficient (Wildman–Crippen LogP) is 1.54. The zero-order valence-corrected chi connectivity index (χ0v) is 18.1. The fraction of sp³-hybridized carbons (Fsp3) is 0.579. The summed E-state index contributed by atoms with van der Waals surface area (Å²) in [4.78, 5) is 27.9. The molecule has 10 heteroatoms. The lowest BCUT2D eigenvalue weighted by atomic mass is 10.2. The van der Waals surface area contributed by atoms with Crippen LogP contribution in [0.15, 0.2) is 24.3 Å². The first kappa shape index (κ1) is 22.8. The van der Waals surface area contributed by atoms with E-state index in [1.807, 2.05) is 6.92 Å². The second kappa shape index (κ2) is 9.82. The zero-order valence-electron chi connectivity index (χ0n) is 17.3. The van der Waals surface area contributed by atoms with Crippen molar-refractivity contribution in [3.8, 4) is 5.75 Å². The van der Waals surface area contributed by atoms with Crippen LogP contribution in [0.2, 0.25) is 0 Å². The first-order valence-electron chi connectivity index (χ1n) is 9.61. The van der Waals surface area contributed by atoms with Gasteiger partial charge >= 0.3 is 6.09 Å². The quantitative estimate of drug-likeness (QED) is 0.655. The molecule has 1 aliphatic heterocycles. The number of sulfonamides is 1. The van der Waals surface area contributed by atoms with E-state index >= 15 is 0 Å². The topological polar surface area (TPSA) is 96.5 Å². The van der Waals surface area contributed by atoms with E-state index in [2.05, 4.69) is 0 Å². The summed E-state index contributed by atoms with van der Waals surface area (Å²) in [5.74, 6) is 0.312. The summed E-state index contributed by atoms with van der Waals surface area (Å²) in [5.41, 5.74) is 0.391. The van der Waals surface area contributed by atoms with Crippen LogP contribution in [-0.2, 0) is 19.6 Å². The van der Waals surface area contributed by atoms with Crippen LogP contribution >= 0.6 is 0 Å². The van der Waals surface area contributed by atoms with Crippen molar-refractivity contribution in [1.82, 2.24) is 9.80 Å². The number of rotatable bonds is 7. The van der Waals surface area contributed by atoms with Gasteiger partial charge in [-0.05, 0) is 45.0 Å². The molecule has 1 heterocycles. The van der Waals surface area contributed by atoms with Gasteiger partial charge in [0.05, 0.1) is 25.2 Å². The molecule has 162 valence electrons. The molecule has 0 radical (unpaired) electrons. The van der Waals surface area contributed by atoms with Crippen molar-refractivity contribution < 1.29 is 27.5 Å². The molecule has 1 atom stereocenters. The second-order valence-electron chi connectivity index (χ2n) is 6.67. The van der Waals surface area contributed by atoms with Crippen molar-refractivity contribution in [2.24, 2.45) is 0 Å². The van der Waals surface area contributed by atoms with Crippen LogP contribution in [0.3, 0.4) is 0 Å². The minimum absolute atomic E-state index is 0.292. The first-order chi connectivity index (χ1) is 13.7. The highest BCUT2D eigenvalue weighted by atomic mass is 32.2. The molecule has 0 N–H and O–H groups in total. The fourth-order valence-electron chi connectivity index (χ4n) is 3.25. The molecular formula is C19H29N3O6S. The van der Waals surface area contributed by atoms with Gasteiger partial charge in [0.15, 0.2) is 0 Å². The molecule has 1 aliphatic rings. The van der Waals surface area contributed by atoms with Crippen LogP contribution in [0.1, 0.15) is 20.8 Å². The Morgan fingerprint density at radius 1 is 1.03 bits per heavy atom. The maximum absolute atomic E-state index is 13.0. The zero-order chi connectivity index (χ0) is 21.6. The molecular weight excluding hydrogens is 398 g/mol. The highest BCUT2D eigenvalue weighted by Crippen LogP contribution is 2.25. The standard InChI is InChI=1S/C19H29N3O6S/c1-5-27-17-9-7-16(8-10-17)22(29(4,25)26)15(3)18(23)20-11-13-21(14-12-20)19(24)28-6-2/h7-10,15H,5-6,11-14H2,1-4H3. The lowest BCUT2D eigenvalue weighted by Gasteiger charge is -2.37. The van der Waals surface area contributed by atoms with Gasteiger partial charge in [0.25, 0.3) is 0 Å². The molecule has 9 nitrogen and oxygen atoms in total. The van der Waals surface area contributed by atoms with Crippen molar-refractivity contribution >= 4 is 27.7 Å². The molecule has 2 rings (SSSR count). The van der Waals surface area contributed by atoms with Gasteiger partial charge in [0, 0.05) is 26.2 Å². The number of ether oxygens (including phenoxy) is 2. The van der Waals surface area contributed by atoms with Crippen molar-refractivity contribution in [1.29, 1.82) is 0 Å². The van der Waals surface area contributed by atoms with Gasteiger partial charge in [0.2, 0.25) is 15.9 Å². The summed E-state index contributed by atoms with van der Waals surface area (Å²) < 4.78 is 36.4. The van der Waals surface area contributed by atoms with Crippen LogP contribution in [0, 0.1) is 0 Å². The van der Waals surface area contributed by atoms with Crippen molar-refractivity contribution in [3.05, 3.63) is 24.3 Å². The highest BCUT2D eigenvalue weighted by Gasteiger charge is 2.34.